The van der Waals surface area contributed by atoms with Gasteiger partial charge < -0.3 is 5.11 Å². The molecule has 0 saturated carbocycles. The first-order valence-corrected chi connectivity index (χ1v) is 7.23. The summed E-state index contributed by atoms with van der Waals surface area (Å²) < 4.78 is 11.9. The molecule has 5 heteroatoms. The lowest BCUT2D eigenvalue weighted by Gasteiger charge is -2.11. The SMILES string of the molecule is O=[S@](CCO)[C@@H]1CCc2c(Cl)cc(Cl)cc21. The number of aliphatic hydroxyl groups excluding tert-OH is 1. The van der Waals surface area contributed by atoms with Crippen molar-refractivity contribution in [3.63, 3.8) is 0 Å². The predicted octanol–water partition coefficient (Wildman–Crippen LogP) is 2.72. The van der Waals surface area contributed by atoms with E-state index in [1.54, 1.807) is 6.07 Å². The predicted molar refractivity (Wildman–Crippen MR) is 67.6 cm³/mol. The highest BCUT2D eigenvalue weighted by Crippen LogP contribution is 2.40. The molecule has 0 saturated heterocycles. The Bertz CT molecular complexity index is 434. The van der Waals surface area contributed by atoms with Gasteiger partial charge >= 0.3 is 0 Å². The van der Waals surface area contributed by atoms with Crippen molar-refractivity contribution in [2.75, 3.05) is 12.4 Å². The van der Waals surface area contributed by atoms with Gasteiger partial charge in [0.25, 0.3) is 0 Å². The molecular weight excluding hydrogens is 267 g/mol. The van der Waals surface area contributed by atoms with E-state index in [1.165, 1.54) is 0 Å². The van der Waals surface area contributed by atoms with Crippen LogP contribution in [-0.4, -0.2) is 21.7 Å². The second-order valence-corrected chi connectivity index (χ2v) is 6.37. The van der Waals surface area contributed by atoms with Gasteiger partial charge in [0.05, 0.1) is 11.9 Å². The van der Waals surface area contributed by atoms with Crippen LogP contribution in [0.1, 0.15) is 22.8 Å². The van der Waals surface area contributed by atoms with E-state index in [9.17, 15) is 4.21 Å². The molecular formula is C11H12Cl2O2S. The Morgan fingerprint density at radius 1 is 1.44 bits per heavy atom. The van der Waals surface area contributed by atoms with Crippen LogP contribution in [0.5, 0.6) is 0 Å². The first-order chi connectivity index (χ1) is 7.63. The Balaban J connectivity index is 2.35. The van der Waals surface area contributed by atoms with Gasteiger partial charge in [-0.15, -0.1) is 0 Å². The molecule has 0 bridgehead atoms. The van der Waals surface area contributed by atoms with Crippen molar-refractivity contribution in [3.8, 4) is 0 Å². The highest BCUT2D eigenvalue weighted by molar-refractivity contribution is 7.85. The summed E-state index contributed by atoms with van der Waals surface area (Å²) in [4.78, 5) is 0. The summed E-state index contributed by atoms with van der Waals surface area (Å²) in [7, 11) is -1.04. The van der Waals surface area contributed by atoms with Crippen LogP contribution in [0.25, 0.3) is 0 Å². The molecule has 2 atom stereocenters. The molecule has 1 N–H and O–H groups in total. The van der Waals surface area contributed by atoms with Gasteiger partial charge in [-0.05, 0) is 36.1 Å². The van der Waals surface area contributed by atoms with Gasteiger partial charge in [0.15, 0.2) is 0 Å². The van der Waals surface area contributed by atoms with Crippen molar-refractivity contribution in [2.45, 2.75) is 18.1 Å². The highest BCUT2D eigenvalue weighted by atomic mass is 35.5. The van der Waals surface area contributed by atoms with Gasteiger partial charge in [0.1, 0.15) is 0 Å². The first kappa shape index (κ1) is 12.4. The highest BCUT2D eigenvalue weighted by Gasteiger charge is 2.29. The second-order valence-electron chi connectivity index (χ2n) is 3.79. The Morgan fingerprint density at radius 2 is 2.19 bits per heavy atom. The summed E-state index contributed by atoms with van der Waals surface area (Å²) in [5, 5.41) is 10.0. The maximum absolute atomic E-state index is 11.9. The summed E-state index contributed by atoms with van der Waals surface area (Å²) in [6.45, 7) is -0.0489. The fraction of sp³-hybridized carbons (Fsp3) is 0.455. The number of rotatable bonds is 3. The van der Waals surface area contributed by atoms with Crippen molar-refractivity contribution in [2.24, 2.45) is 0 Å². The monoisotopic (exact) mass is 278 g/mol. The number of hydrogen-bond acceptors (Lipinski definition) is 2. The average Bonchev–Trinajstić information content (AvgIpc) is 2.61. The largest absolute Gasteiger partial charge is 0.395 e. The van der Waals surface area contributed by atoms with E-state index >= 15 is 0 Å². The summed E-state index contributed by atoms with van der Waals surface area (Å²) in [6, 6.07) is 3.56. The molecule has 2 rings (SSSR count). The van der Waals surface area contributed by atoms with Crippen LogP contribution in [-0.2, 0) is 17.2 Å². The molecule has 1 aromatic rings. The number of aliphatic hydroxyl groups is 1. The van der Waals surface area contributed by atoms with Gasteiger partial charge in [-0.3, -0.25) is 4.21 Å². The van der Waals surface area contributed by atoms with Crippen LogP contribution in [0.15, 0.2) is 12.1 Å². The molecule has 1 aliphatic rings. The van der Waals surface area contributed by atoms with Gasteiger partial charge in [0.2, 0.25) is 0 Å². The van der Waals surface area contributed by atoms with Crippen LogP contribution < -0.4 is 0 Å². The summed E-state index contributed by atoms with van der Waals surface area (Å²) >= 11 is 12.0. The minimum absolute atomic E-state index is 0.0293. The zero-order valence-corrected chi connectivity index (χ0v) is 10.9. The quantitative estimate of drug-likeness (QED) is 0.923. The van der Waals surface area contributed by atoms with E-state index in [1.807, 2.05) is 6.07 Å². The zero-order chi connectivity index (χ0) is 11.7. The molecule has 0 unspecified atom stereocenters. The van der Waals surface area contributed by atoms with Gasteiger partial charge in [-0.2, -0.15) is 0 Å². The topological polar surface area (TPSA) is 37.3 Å². The number of fused-ring (bicyclic) bond motifs is 1. The lowest BCUT2D eigenvalue weighted by molar-refractivity contribution is 0.321. The zero-order valence-electron chi connectivity index (χ0n) is 8.58. The van der Waals surface area contributed by atoms with Crippen LogP contribution >= 0.6 is 23.2 Å². The Hall–Kier alpha value is -0.0900. The maximum atomic E-state index is 11.9. The molecule has 0 amide bonds. The molecule has 2 nitrogen and oxygen atoms in total. The van der Waals surface area contributed by atoms with E-state index in [0.29, 0.717) is 15.8 Å². The van der Waals surface area contributed by atoms with Crippen LogP contribution in [0.4, 0.5) is 0 Å². The first-order valence-electron chi connectivity index (χ1n) is 5.09. The average molecular weight is 279 g/mol. The van der Waals surface area contributed by atoms with Gasteiger partial charge in [-0.25, -0.2) is 0 Å². The minimum atomic E-state index is -1.04. The molecule has 0 heterocycles. The fourth-order valence-electron chi connectivity index (χ4n) is 2.11. The van der Waals surface area contributed by atoms with Crippen molar-refractivity contribution < 1.29 is 9.32 Å². The third-order valence-corrected chi connectivity index (χ3v) is 5.07. The van der Waals surface area contributed by atoms with E-state index in [-0.39, 0.29) is 11.9 Å². The third-order valence-electron chi connectivity index (χ3n) is 2.81. The van der Waals surface area contributed by atoms with E-state index in [4.69, 9.17) is 28.3 Å². The Labute approximate surface area is 107 Å². The van der Waals surface area contributed by atoms with Crippen LogP contribution in [0, 0.1) is 0 Å². The minimum Gasteiger partial charge on any atom is -0.395 e. The molecule has 0 spiro atoms. The molecule has 16 heavy (non-hydrogen) atoms. The summed E-state index contributed by atoms with van der Waals surface area (Å²) in [5.41, 5.74) is 2.05. The fourth-order valence-corrected chi connectivity index (χ4v) is 4.05. The van der Waals surface area contributed by atoms with Crippen LogP contribution in [0.2, 0.25) is 10.0 Å². The number of benzene rings is 1. The van der Waals surface area contributed by atoms with E-state index in [0.717, 1.165) is 24.0 Å². The van der Waals surface area contributed by atoms with E-state index < -0.39 is 10.8 Å². The van der Waals surface area contributed by atoms with Crippen LogP contribution in [0.3, 0.4) is 0 Å². The molecule has 0 aromatic heterocycles. The lowest BCUT2D eigenvalue weighted by atomic mass is 10.1. The van der Waals surface area contributed by atoms with Crippen molar-refractivity contribution in [1.82, 2.24) is 0 Å². The Morgan fingerprint density at radius 3 is 2.88 bits per heavy atom. The van der Waals surface area contributed by atoms with Gasteiger partial charge in [0, 0.05) is 26.6 Å². The number of hydrogen-bond donors (Lipinski definition) is 1. The van der Waals surface area contributed by atoms with Crippen molar-refractivity contribution in [3.05, 3.63) is 33.3 Å². The van der Waals surface area contributed by atoms with Crippen molar-refractivity contribution in [1.29, 1.82) is 0 Å². The molecule has 0 fully saturated rings. The summed E-state index contributed by atoms with van der Waals surface area (Å²) in [5.74, 6) is 0.314. The number of halogens is 2. The van der Waals surface area contributed by atoms with Gasteiger partial charge in [-0.1, -0.05) is 23.2 Å². The normalized spacial score (nSPS) is 20.8. The lowest BCUT2D eigenvalue weighted by Crippen LogP contribution is -2.09. The molecule has 1 aliphatic carbocycles. The standard InChI is InChI=1S/C11H12Cl2O2S/c12-7-5-9-8(10(13)6-7)1-2-11(9)16(15)4-3-14/h5-6,11,14H,1-4H2/t11-,16-/m1/s1. The van der Waals surface area contributed by atoms with Crippen molar-refractivity contribution >= 4 is 34.0 Å². The molecule has 0 radical (unpaired) electrons. The van der Waals surface area contributed by atoms with E-state index in [2.05, 4.69) is 0 Å². The Kier molecular flexibility index (Phi) is 3.90. The molecule has 1 aromatic carbocycles. The summed E-state index contributed by atoms with van der Waals surface area (Å²) in [6.07, 6.45) is 1.66. The smallest absolute Gasteiger partial charge is 0.0604 e. The second kappa shape index (κ2) is 5.05. The molecule has 0 aliphatic heterocycles. The maximum Gasteiger partial charge on any atom is 0.0604 e. The third kappa shape index (κ3) is 2.28. The molecule has 88 valence electrons.